The zero-order chi connectivity index (χ0) is 22.2. The molecule has 2 aromatic rings. The first-order valence-corrected chi connectivity index (χ1v) is 11.5. The van der Waals surface area contributed by atoms with Crippen molar-refractivity contribution >= 4 is 17.0 Å². The van der Waals surface area contributed by atoms with Gasteiger partial charge in [-0.25, -0.2) is 0 Å². The lowest BCUT2D eigenvalue weighted by Gasteiger charge is -2.33. The van der Waals surface area contributed by atoms with E-state index in [-0.39, 0.29) is 0 Å². The monoisotopic (exact) mass is 423 g/mol. The highest BCUT2D eigenvalue weighted by Gasteiger charge is 2.27. The number of nitriles is 1. The Morgan fingerprint density at radius 2 is 2.19 bits per heavy atom. The Morgan fingerprint density at radius 3 is 3.00 bits per heavy atom. The van der Waals surface area contributed by atoms with Gasteiger partial charge in [-0.05, 0) is 79.0 Å². The van der Waals surface area contributed by atoms with Crippen LogP contribution in [0.2, 0.25) is 0 Å². The number of piperidine rings is 1. The van der Waals surface area contributed by atoms with Gasteiger partial charge in [-0.15, -0.1) is 0 Å². The Balaban J connectivity index is 1.28. The summed E-state index contributed by atoms with van der Waals surface area (Å²) in [5, 5.41) is 9.13. The number of aryl methyl sites for hydroxylation is 1. The lowest BCUT2D eigenvalue weighted by atomic mass is 9.87. The van der Waals surface area contributed by atoms with Gasteiger partial charge in [-0.1, -0.05) is 24.8 Å². The van der Waals surface area contributed by atoms with E-state index in [0.717, 1.165) is 67.3 Å². The number of hydrogen-bond acceptors (Lipinski definition) is 5. The Kier molecular flexibility index (Phi) is 5.40. The number of aromatic nitrogens is 1. The molecule has 0 spiro atoms. The van der Waals surface area contributed by atoms with E-state index in [1.807, 2.05) is 13.0 Å². The van der Waals surface area contributed by atoms with Gasteiger partial charge < -0.3 is 5.73 Å². The molecule has 5 heteroatoms. The second kappa shape index (κ2) is 8.37. The van der Waals surface area contributed by atoms with Crippen LogP contribution in [0.25, 0.3) is 5.57 Å². The maximum Gasteiger partial charge on any atom is 0.101 e. The summed E-state index contributed by atoms with van der Waals surface area (Å²) in [4.78, 5) is 11.8. The quantitative estimate of drug-likeness (QED) is 0.719. The highest BCUT2D eigenvalue weighted by atomic mass is 15.1. The zero-order valence-corrected chi connectivity index (χ0v) is 18.7. The van der Waals surface area contributed by atoms with Gasteiger partial charge in [0.2, 0.25) is 0 Å². The number of anilines is 1. The molecule has 0 radical (unpaired) electrons. The Bertz CT molecular complexity index is 1200. The average Bonchev–Trinajstić information content (AvgIpc) is 3.41. The van der Waals surface area contributed by atoms with Gasteiger partial charge in [-0.2, -0.15) is 5.26 Å². The summed E-state index contributed by atoms with van der Waals surface area (Å²) < 4.78 is 0. The van der Waals surface area contributed by atoms with E-state index in [9.17, 15) is 0 Å². The molecule has 1 aromatic carbocycles. The van der Waals surface area contributed by atoms with Crippen LogP contribution in [0.3, 0.4) is 0 Å². The van der Waals surface area contributed by atoms with Gasteiger partial charge in [0.1, 0.15) is 6.07 Å². The summed E-state index contributed by atoms with van der Waals surface area (Å²) in [6.07, 6.45) is 9.07. The number of likely N-dealkylation sites (tertiary alicyclic amines) is 1. The molecule has 5 rings (SSSR count). The van der Waals surface area contributed by atoms with Crippen LogP contribution in [0.4, 0.5) is 5.69 Å². The number of rotatable bonds is 4. The van der Waals surface area contributed by atoms with E-state index in [4.69, 9.17) is 16.0 Å². The molecule has 1 fully saturated rings. The standard InChI is InChI=1S/C27H29N5/c1-17-5-7-24-22(17)8-9-23(27(24)29)19-4-3-11-32(15-19)16-21-6-10-25(31-21)26-12-18(2)20(13-28)14-30-26/h6,8-9,12,14,19H,1,3-5,7,10-11,15-16,29H2,2H3/t19-/m0/s1. The average molecular weight is 424 g/mol. The first kappa shape index (κ1) is 20.7. The fourth-order valence-electron chi connectivity index (χ4n) is 5.30. The maximum absolute atomic E-state index is 9.13. The van der Waals surface area contributed by atoms with E-state index in [0.29, 0.717) is 11.5 Å². The minimum atomic E-state index is 0.469. The lowest BCUT2D eigenvalue weighted by molar-refractivity contribution is 0.223. The van der Waals surface area contributed by atoms with Crippen molar-refractivity contribution < 1.29 is 0 Å². The van der Waals surface area contributed by atoms with Crippen LogP contribution in [0, 0.1) is 18.3 Å². The van der Waals surface area contributed by atoms with Crippen LogP contribution in [-0.2, 0) is 6.42 Å². The van der Waals surface area contributed by atoms with Crippen molar-refractivity contribution in [2.75, 3.05) is 25.4 Å². The minimum absolute atomic E-state index is 0.469. The van der Waals surface area contributed by atoms with Gasteiger partial charge >= 0.3 is 0 Å². The Labute approximate surface area is 190 Å². The highest BCUT2D eigenvalue weighted by molar-refractivity contribution is 6.02. The molecule has 1 aliphatic carbocycles. The number of fused-ring (bicyclic) bond motifs is 1. The van der Waals surface area contributed by atoms with Gasteiger partial charge in [0.15, 0.2) is 0 Å². The first-order chi connectivity index (χ1) is 15.5. The molecule has 5 nitrogen and oxygen atoms in total. The molecule has 0 unspecified atom stereocenters. The number of benzene rings is 1. The lowest BCUT2D eigenvalue weighted by Crippen LogP contribution is -2.35. The number of nitrogens with zero attached hydrogens (tertiary/aromatic N) is 4. The Hall–Kier alpha value is -3.23. The first-order valence-electron chi connectivity index (χ1n) is 11.5. The van der Waals surface area contributed by atoms with Crippen molar-refractivity contribution in [3.8, 4) is 6.07 Å². The van der Waals surface area contributed by atoms with Crippen molar-refractivity contribution in [3.63, 3.8) is 0 Å². The summed E-state index contributed by atoms with van der Waals surface area (Å²) in [5.74, 6) is 0.469. The molecule has 1 atom stereocenters. The van der Waals surface area contributed by atoms with E-state index < -0.39 is 0 Å². The number of nitrogen functional groups attached to an aromatic ring is 1. The largest absolute Gasteiger partial charge is 0.398 e. The van der Waals surface area contributed by atoms with E-state index in [1.54, 1.807) is 6.20 Å². The summed E-state index contributed by atoms with van der Waals surface area (Å²) in [7, 11) is 0. The maximum atomic E-state index is 9.13. The molecule has 0 amide bonds. The van der Waals surface area contributed by atoms with Gasteiger partial charge in [0.25, 0.3) is 0 Å². The van der Waals surface area contributed by atoms with E-state index in [2.05, 4.69) is 40.7 Å². The summed E-state index contributed by atoms with van der Waals surface area (Å²) in [5.41, 5.74) is 17.3. The number of allylic oxidation sites excluding steroid dienone is 2. The van der Waals surface area contributed by atoms with Crippen molar-refractivity contribution in [3.05, 3.63) is 76.3 Å². The third kappa shape index (κ3) is 3.76. The Morgan fingerprint density at radius 1 is 1.31 bits per heavy atom. The van der Waals surface area contributed by atoms with Crippen molar-refractivity contribution in [1.29, 1.82) is 5.26 Å². The number of hydrogen-bond donors (Lipinski definition) is 1. The van der Waals surface area contributed by atoms with Crippen LogP contribution in [0.1, 0.15) is 65.1 Å². The molecule has 0 bridgehead atoms. The molecule has 2 N–H and O–H groups in total. The fraction of sp³-hybridized carbons (Fsp3) is 0.370. The van der Waals surface area contributed by atoms with Crippen LogP contribution >= 0.6 is 0 Å². The molecule has 162 valence electrons. The molecule has 3 aliphatic rings. The van der Waals surface area contributed by atoms with Crippen molar-refractivity contribution in [2.45, 2.75) is 44.9 Å². The molecular weight excluding hydrogens is 394 g/mol. The predicted octanol–water partition coefficient (Wildman–Crippen LogP) is 4.76. The van der Waals surface area contributed by atoms with Crippen LogP contribution in [0.5, 0.6) is 0 Å². The fourth-order valence-corrected chi connectivity index (χ4v) is 5.30. The summed E-state index contributed by atoms with van der Waals surface area (Å²) in [6.45, 7) is 9.10. The van der Waals surface area contributed by atoms with Crippen molar-refractivity contribution in [2.24, 2.45) is 4.99 Å². The molecule has 0 saturated carbocycles. The smallest absolute Gasteiger partial charge is 0.101 e. The van der Waals surface area contributed by atoms with Gasteiger partial charge in [0, 0.05) is 31.4 Å². The second-order valence-corrected chi connectivity index (χ2v) is 9.23. The van der Waals surface area contributed by atoms with E-state index >= 15 is 0 Å². The molecule has 1 aromatic heterocycles. The number of pyridine rings is 1. The topological polar surface area (TPSA) is 78.3 Å². The summed E-state index contributed by atoms with van der Waals surface area (Å²) >= 11 is 0. The number of aliphatic imine (C=N–C) groups is 1. The van der Waals surface area contributed by atoms with Gasteiger partial charge in [-0.3, -0.25) is 14.9 Å². The molecular formula is C27H29N5. The molecule has 32 heavy (non-hydrogen) atoms. The van der Waals surface area contributed by atoms with Crippen LogP contribution < -0.4 is 5.73 Å². The normalized spacial score (nSPS) is 20.6. The van der Waals surface area contributed by atoms with Crippen LogP contribution in [0.15, 0.2) is 47.7 Å². The molecule has 1 saturated heterocycles. The molecule has 3 heterocycles. The summed E-state index contributed by atoms with van der Waals surface area (Å²) in [6, 6.07) is 8.62. The number of nitrogens with two attached hydrogens (primary N) is 1. The van der Waals surface area contributed by atoms with E-state index in [1.165, 1.54) is 35.1 Å². The zero-order valence-electron chi connectivity index (χ0n) is 18.7. The highest BCUT2D eigenvalue weighted by Crippen LogP contribution is 2.40. The third-order valence-corrected chi connectivity index (χ3v) is 7.12. The second-order valence-electron chi connectivity index (χ2n) is 9.23. The van der Waals surface area contributed by atoms with Gasteiger partial charge in [0.05, 0.1) is 22.7 Å². The van der Waals surface area contributed by atoms with Crippen LogP contribution in [-0.4, -0.2) is 35.2 Å². The molecule has 2 aliphatic heterocycles. The van der Waals surface area contributed by atoms with Crippen molar-refractivity contribution in [1.82, 2.24) is 9.88 Å². The third-order valence-electron chi connectivity index (χ3n) is 7.12. The minimum Gasteiger partial charge on any atom is -0.398 e. The predicted molar refractivity (Wildman–Crippen MR) is 130 cm³/mol. The SMILES string of the molecule is C=C1CCc2c1ccc([C@H]1CCCN(CC3=CCC(c4cc(C)c(C#N)cn4)=N3)C1)c2N.